The van der Waals surface area contributed by atoms with Gasteiger partial charge < -0.3 is 10.5 Å². The van der Waals surface area contributed by atoms with E-state index >= 15 is 0 Å². The molecule has 2 N–H and O–H groups in total. The number of nitrogens with zero attached hydrogens (tertiary/aromatic N) is 6. The van der Waals surface area contributed by atoms with Gasteiger partial charge in [0.1, 0.15) is 22.8 Å². The van der Waals surface area contributed by atoms with E-state index in [1.807, 2.05) is 49.4 Å². The lowest BCUT2D eigenvalue weighted by Crippen LogP contribution is -2.43. The molecule has 0 radical (unpaired) electrons. The molecule has 180 valence electrons. The monoisotopic (exact) mass is 493 g/mol. The Labute approximate surface area is 204 Å². The fourth-order valence-corrected chi connectivity index (χ4v) is 4.31. The van der Waals surface area contributed by atoms with E-state index in [0.717, 1.165) is 27.5 Å². The van der Waals surface area contributed by atoms with Gasteiger partial charge in [0.05, 0.1) is 19.4 Å². The fraction of sp³-hybridized carbons (Fsp3) is 0.217. The molecule has 0 saturated carbocycles. The smallest absolute Gasteiger partial charge is 0.332 e. The van der Waals surface area contributed by atoms with Crippen molar-refractivity contribution in [1.29, 1.82) is 0 Å². The maximum absolute atomic E-state index is 13.1. The molecular weight excluding hydrogens is 470 g/mol. The minimum absolute atomic E-state index is 0.123. The van der Waals surface area contributed by atoms with Crippen molar-refractivity contribution >= 4 is 23.4 Å². The third kappa shape index (κ3) is 4.73. The van der Waals surface area contributed by atoms with Crippen LogP contribution in [0.3, 0.4) is 0 Å². The predicted octanol–water partition coefficient (Wildman–Crippen LogP) is 1.45. The van der Waals surface area contributed by atoms with Gasteiger partial charge in [0, 0.05) is 7.05 Å². The molecular formula is C23H23N7O4S. The van der Waals surface area contributed by atoms with Gasteiger partial charge in [-0.2, -0.15) is 4.68 Å². The number of carbonyl (C=O) groups excluding carboxylic acids is 1. The zero-order valence-corrected chi connectivity index (χ0v) is 20.2. The highest BCUT2D eigenvalue weighted by molar-refractivity contribution is 7.99. The van der Waals surface area contributed by atoms with Gasteiger partial charge >= 0.3 is 5.69 Å². The van der Waals surface area contributed by atoms with Crippen molar-refractivity contribution in [3.8, 4) is 11.4 Å². The van der Waals surface area contributed by atoms with Crippen LogP contribution in [0.2, 0.25) is 0 Å². The average molecular weight is 494 g/mol. The lowest BCUT2D eigenvalue weighted by atomic mass is 10.2. The molecule has 0 bridgehead atoms. The van der Waals surface area contributed by atoms with Crippen LogP contribution in [0.25, 0.3) is 5.69 Å². The molecule has 2 aromatic heterocycles. The predicted molar refractivity (Wildman–Crippen MR) is 131 cm³/mol. The molecule has 0 aliphatic rings. The zero-order valence-electron chi connectivity index (χ0n) is 19.3. The van der Waals surface area contributed by atoms with E-state index in [1.54, 1.807) is 6.07 Å². The summed E-state index contributed by atoms with van der Waals surface area (Å²) in [4.78, 5) is 38.7. The number of anilines is 1. The van der Waals surface area contributed by atoms with Crippen LogP contribution in [0, 0.1) is 6.92 Å². The van der Waals surface area contributed by atoms with Gasteiger partial charge in [0.2, 0.25) is 5.16 Å². The minimum atomic E-state index is -0.748. The molecule has 0 saturated heterocycles. The lowest BCUT2D eigenvalue weighted by molar-refractivity contribution is 0.102. The summed E-state index contributed by atoms with van der Waals surface area (Å²) < 4.78 is 8.97. The van der Waals surface area contributed by atoms with Crippen LogP contribution in [0.5, 0.6) is 5.75 Å². The van der Waals surface area contributed by atoms with Crippen molar-refractivity contribution in [2.24, 2.45) is 7.05 Å². The number of methoxy groups -OCH3 is 1. The van der Waals surface area contributed by atoms with Gasteiger partial charge in [-0.25, -0.2) is 4.79 Å². The van der Waals surface area contributed by atoms with E-state index in [4.69, 9.17) is 10.5 Å². The first-order valence-corrected chi connectivity index (χ1v) is 11.5. The highest BCUT2D eigenvalue weighted by atomic mass is 32.2. The summed E-state index contributed by atoms with van der Waals surface area (Å²) in [6.07, 6.45) is 0. The van der Waals surface area contributed by atoms with Crippen molar-refractivity contribution in [2.45, 2.75) is 18.6 Å². The molecule has 0 aliphatic carbocycles. The summed E-state index contributed by atoms with van der Waals surface area (Å²) in [7, 11) is 2.86. The molecule has 0 atom stereocenters. The van der Waals surface area contributed by atoms with Crippen LogP contribution in [0.4, 0.5) is 5.82 Å². The number of ketones is 1. The molecule has 35 heavy (non-hydrogen) atoms. The van der Waals surface area contributed by atoms with E-state index in [0.29, 0.717) is 16.6 Å². The number of tetrazole rings is 1. The number of carbonyl (C=O) groups is 1. The SMILES string of the molecule is COc1ccc(C)cc1-n1nnnc1SCC(=O)c1c(N)n(Cc2ccccc2)c(=O)n(C)c1=O. The molecule has 0 fully saturated rings. The first-order valence-electron chi connectivity index (χ1n) is 10.5. The van der Waals surface area contributed by atoms with Crippen LogP contribution in [-0.2, 0) is 13.6 Å². The van der Waals surface area contributed by atoms with Gasteiger partial charge in [0.15, 0.2) is 5.78 Å². The summed E-state index contributed by atoms with van der Waals surface area (Å²) in [5.41, 5.74) is 6.98. The molecule has 0 aliphatic heterocycles. The molecule has 2 aromatic carbocycles. The van der Waals surface area contributed by atoms with E-state index in [9.17, 15) is 14.4 Å². The molecule has 0 amide bonds. The summed E-state index contributed by atoms with van der Waals surface area (Å²) in [5.74, 6) is -0.326. The minimum Gasteiger partial charge on any atom is -0.494 e. The molecule has 0 spiro atoms. The topological polar surface area (TPSA) is 140 Å². The van der Waals surface area contributed by atoms with Gasteiger partial charge in [-0.15, -0.1) is 5.10 Å². The Balaban J connectivity index is 1.64. The van der Waals surface area contributed by atoms with Crippen LogP contribution in [0.1, 0.15) is 21.5 Å². The van der Waals surface area contributed by atoms with Crippen LogP contribution in [-0.4, -0.2) is 48.0 Å². The first kappa shape index (κ1) is 24.0. The van der Waals surface area contributed by atoms with Crippen LogP contribution in [0.15, 0.2) is 63.3 Å². The number of hydrogen-bond acceptors (Lipinski definition) is 9. The van der Waals surface area contributed by atoms with Crippen molar-refractivity contribution in [3.63, 3.8) is 0 Å². The third-order valence-electron chi connectivity index (χ3n) is 5.38. The maximum atomic E-state index is 13.1. The molecule has 2 heterocycles. The number of benzene rings is 2. The second-order valence-corrected chi connectivity index (χ2v) is 8.68. The van der Waals surface area contributed by atoms with Crippen molar-refractivity contribution in [1.82, 2.24) is 29.3 Å². The lowest BCUT2D eigenvalue weighted by Gasteiger charge is -2.14. The van der Waals surface area contributed by atoms with E-state index in [2.05, 4.69) is 15.5 Å². The number of aryl methyl sites for hydroxylation is 1. The quantitative estimate of drug-likeness (QED) is 0.285. The number of rotatable bonds is 8. The second kappa shape index (κ2) is 9.97. The summed E-state index contributed by atoms with van der Waals surface area (Å²) in [5, 5.41) is 12.1. The Morgan fingerprint density at radius 3 is 2.60 bits per heavy atom. The highest BCUT2D eigenvalue weighted by Gasteiger charge is 2.23. The van der Waals surface area contributed by atoms with Crippen molar-refractivity contribution in [2.75, 3.05) is 18.6 Å². The van der Waals surface area contributed by atoms with Crippen LogP contribution >= 0.6 is 11.8 Å². The number of thioether (sulfide) groups is 1. The maximum Gasteiger partial charge on any atom is 0.332 e. The summed E-state index contributed by atoms with van der Waals surface area (Å²) in [6, 6.07) is 14.7. The number of nitrogen functional groups attached to an aromatic ring is 1. The number of nitrogens with two attached hydrogens (primary N) is 1. The number of aromatic nitrogens is 6. The van der Waals surface area contributed by atoms with E-state index in [1.165, 1.54) is 23.4 Å². The molecule has 11 nitrogen and oxygen atoms in total. The second-order valence-electron chi connectivity index (χ2n) is 7.74. The number of ether oxygens (including phenoxy) is 1. The molecule has 4 rings (SSSR count). The van der Waals surface area contributed by atoms with Crippen LogP contribution < -0.4 is 21.7 Å². The summed E-state index contributed by atoms with van der Waals surface area (Å²) in [6.45, 7) is 2.05. The van der Waals surface area contributed by atoms with E-state index in [-0.39, 0.29) is 23.7 Å². The Kier molecular flexibility index (Phi) is 6.82. The van der Waals surface area contributed by atoms with E-state index < -0.39 is 17.0 Å². The fourth-order valence-electron chi connectivity index (χ4n) is 3.55. The molecule has 0 unspecified atom stereocenters. The van der Waals surface area contributed by atoms with Gasteiger partial charge in [-0.3, -0.25) is 18.7 Å². The van der Waals surface area contributed by atoms with Gasteiger partial charge in [-0.1, -0.05) is 48.2 Å². The standard InChI is InChI=1S/C23H23N7O4S/c1-14-9-10-18(34-3)16(11-14)30-22(25-26-27-30)35-13-17(31)19-20(24)29(23(33)28(2)21(19)32)12-15-7-5-4-6-8-15/h4-11H,12-13,24H2,1-3H3. The number of Topliss-reactive ketones (excluding diaryl/α,β-unsaturated/α-hetero) is 1. The first-order chi connectivity index (χ1) is 16.8. The molecule has 12 heteroatoms. The Bertz CT molecular complexity index is 1510. The Hall–Kier alpha value is -4.19. The largest absolute Gasteiger partial charge is 0.494 e. The summed E-state index contributed by atoms with van der Waals surface area (Å²) >= 11 is 1.04. The van der Waals surface area contributed by atoms with Crippen molar-refractivity contribution in [3.05, 3.63) is 86.1 Å². The zero-order chi connectivity index (χ0) is 25.1. The average Bonchev–Trinajstić information content (AvgIpc) is 3.33. The Morgan fingerprint density at radius 2 is 1.89 bits per heavy atom. The van der Waals surface area contributed by atoms with Crippen molar-refractivity contribution < 1.29 is 9.53 Å². The van der Waals surface area contributed by atoms with Gasteiger partial charge in [0.25, 0.3) is 5.56 Å². The molecule has 4 aromatic rings. The normalized spacial score (nSPS) is 10.9. The van der Waals surface area contributed by atoms with Gasteiger partial charge in [-0.05, 0) is 40.6 Å². The third-order valence-corrected chi connectivity index (χ3v) is 6.30. The Morgan fingerprint density at radius 1 is 1.14 bits per heavy atom. The highest BCUT2D eigenvalue weighted by Crippen LogP contribution is 2.27. The number of hydrogen-bond donors (Lipinski definition) is 1.